The van der Waals surface area contributed by atoms with Crippen LogP contribution in [0.4, 0.5) is 0 Å². The third kappa shape index (κ3) is 672. The molecule has 6 heavy (non-hydrogen) atoms. The molecule has 0 saturated heterocycles. The van der Waals surface area contributed by atoms with Gasteiger partial charge in [0.05, 0.1) is 0 Å². The van der Waals surface area contributed by atoms with Gasteiger partial charge in [0, 0.05) is 0 Å². The Kier molecular flexibility index (Phi) is 607000. The summed E-state index contributed by atoms with van der Waals surface area (Å²) in [6.07, 6.45) is 0. The van der Waals surface area contributed by atoms with Gasteiger partial charge in [0.2, 0.25) is 0 Å². The summed E-state index contributed by atoms with van der Waals surface area (Å²) >= 11 is 0. The van der Waals surface area contributed by atoms with E-state index in [1.165, 1.54) is 0 Å². The summed E-state index contributed by atoms with van der Waals surface area (Å²) < 4.78 is 0. The van der Waals surface area contributed by atoms with Crippen molar-refractivity contribution in [3.63, 3.8) is 0 Å². The Labute approximate surface area is 43.9 Å². The van der Waals surface area contributed by atoms with Gasteiger partial charge < -0.3 is 25.8 Å². The Morgan fingerprint density at radius 3 is 0.500 bits per heavy atom. The first-order valence-corrected chi connectivity index (χ1v) is 0. The summed E-state index contributed by atoms with van der Waals surface area (Å²) in [5.74, 6) is 0. The molecule has 0 atom stereocenters. The topological polar surface area (TPSA) is 94.5 Å². The number of hydrogen-bond acceptors (Lipinski definition) is 0. The van der Waals surface area contributed by atoms with E-state index in [1.807, 2.05) is 0 Å². The minimum Gasteiger partial charge on any atom is -1.00 e. The zero-order valence-corrected chi connectivity index (χ0v) is 3.50. The van der Waals surface area contributed by atoms with Crippen LogP contribution < -0.4 is 9.41 Å². The molecular formula is H6CuF2O3. The van der Waals surface area contributed by atoms with Gasteiger partial charge in [-0.05, 0) is 0 Å². The van der Waals surface area contributed by atoms with E-state index >= 15 is 0 Å². The molecule has 0 aliphatic rings. The summed E-state index contributed by atoms with van der Waals surface area (Å²) in [6, 6.07) is 0. The van der Waals surface area contributed by atoms with Crippen LogP contribution in [0.15, 0.2) is 0 Å². The standard InChI is InChI=1S/Cu.2FH.3H2O/h;2*1H;3*1H2/q+2;;;;;/p-2. The average Bonchev–Trinajstić information content (AvgIpc) is 0. The maximum absolute atomic E-state index is 0. The van der Waals surface area contributed by atoms with Crippen molar-refractivity contribution >= 4 is 0 Å². The maximum Gasteiger partial charge on any atom is 2.00 e. The van der Waals surface area contributed by atoms with E-state index in [4.69, 9.17) is 0 Å². The molecule has 0 saturated carbocycles. The molecule has 6 heteroatoms. The van der Waals surface area contributed by atoms with Crippen molar-refractivity contribution in [2.45, 2.75) is 0 Å². The first-order chi connectivity index (χ1) is 0. The number of hydrogen-bond donors (Lipinski definition) is 0. The van der Waals surface area contributed by atoms with Gasteiger partial charge in [-0.2, -0.15) is 0 Å². The Bertz CT molecular complexity index is 8.75. The zero-order valence-electron chi connectivity index (χ0n) is 2.56. The molecule has 3 nitrogen and oxygen atoms in total. The van der Waals surface area contributed by atoms with Crippen molar-refractivity contribution in [3.8, 4) is 0 Å². The van der Waals surface area contributed by atoms with Crippen molar-refractivity contribution in [3.05, 3.63) is 0 Å². The van der Waals surface area contributed by atoms with E-state index in [0.29, 0.717) is 0 Å². The van der Waals surface area contributed by atoms with Crippen LogP contribution in [-0.4, -0.2) is 16.4 Å². The van der Waals surface area contributed by atoms with Crippen LogP contribution >= 0.6 is 0 Å². The number of halogens is 2. The first kappa shape index (κ1) is 2570. The van der Waals surface area contributed by atoms with Gasteiger partial charge in [0.1, 0.15) is 0 Å². The van der Waals surface area contributed by atoms with Crippen LogP contribution in [-0.2, 0) is 17.1 Å². The van der Waals surface area contributed by atoms with Crippen molar-refractivity contribution in [1.82, 2.24) is 0 Å². The van der Waals surface area contributed by atoms with Gasteiger partial charge in [0.25, 0.3) is 0 Å². The minimum absolute atomic E-state index is 0. The van der Waals surface area contributed by atoms with Crippen LogP contribution in [0.1, 0.15) is 0 Å². The third-order valence-electron chi connectivity index (χ3n) is 0. The summed E-state index contributed by atoms with van der Waals surface area (Å²) in [5, 5.41) is 0. The first-order valence-electron chi connectivity index (χ1n) is 0. The molecule has 0 amide bonds. The number of rotatable bonds is 0. The monoisotopic (exact) mass is 155 g/mol. The average molecular weight is 156 g/mol. The molecular weight excluding hydrogens is 150 g/mol. The molecule has 0 unspecified atom stereocenters. The predicted molar refractivity (Wildman–Crippen MR) is 10.8 cm³/mol. The molecule has 0 aliphatic heterocycles. The fourth-order valence-electron chi connectivity index (χ4n) is 0. The molecule has 0 spiro atoms. The van der Waals surface area contributed by atoms with Gasteiger partial charge in [0.15, 0.2) is 0 Å². The molecule has 0 fully saturated rings. The molecule has 0 aromatic rings. The Balaban J connectivity index is 0. The molecule has 6 N–H and O–H groups in total. The van der Waals surface area contributed by atoms with Gasteiger partial charge in [-0.1, -0.05) is 0 Å². The van der Waals surface area contributed by atoms with E-state index in [1.54, 1.807) is 0 Å². The largest absolute Gasteiger partial charge is 2.00 e. The second kappa shape index (κ2) is 1420. The molecule has 1 radical (unpaired) electrons. The Morgan fingerprint density at radius 1 is 0.500 bits per heavy atom. The fourth-order valence-corrected chi connectivity index (χ4v) is 0. The van der Waals surface area contributed by atoms with Crippen molar-refractivity contribution in [1.29, 1.82) is 0 Å². The third-order valence-corrected chi connectivity index (χ3v) is 0. The van der Waals surface area contributed by atoms with E-state index in [2.05, 4.69) is 0 Å². The van der Waals surface area contributed by atoms with Gasteiger partial charge >= 0.3 is 17.1 Å². The molecule has 0 aromatic heterocycles. The second-order valence-electron chi connectivity index (χ2n) is 0. The minimum atomic E-state index is 0. The Morgan fingerprint density at radius 2 is 0.500 bits per heavy atom. The van der Waals surface area contributed by atoms with Crippen molar-refractivity contribution < 1.29 is 42.9 Å². The SMILES string of the molecule is O.O.O.[Cu+2].[F-].[F-]. The summed E-state index contributed by atoms with van der Waals surface area (Å²) in [5.41, 5.74) is 0. The van der Waals surface area contributed by atoms with Gasteiger partial charge in [-0.3, -0.25) is 0 Å². The van der Waals surface area contributed by atoms with Crippen LogP contribution in [0, 0.1) is 0 Å². The van der Waals surface area contributed by atoms with Crippen molar-refractivity contribution in [2.24, 2.45) is 0 Å². The van der Waals surface area contributed by atoms with Crippen molar-refractivity contribution in [2.75, 3.05) is 0 Å². The zero-order chi connectivity index (χ0) is 0. The van der Waals surface area contributed by atoms with E-state index in [9.17, 15) is 0 Å². The predicted octanol–water partition coefficient (Wildman–Crippen LogP) is -8.47. The quantitative estimate of drug-likeness (QED) is 0.311. The Hall–Kier alpha value is 0.259. The molecule has 0 aromatic carbocycles. The normalized spacial score (nSPS) is 0. The van der Waals surface area contributed by atoms with Crippen LogP contribution in [0.25, 0.3) is 0 Å². The summed E-state index contributed by atoms with van der Waals surface area (Å²) in [6.45, 7) is 0. The second-order valence-corrected chi connectivity index (χ2v) is 0. The smallest absolute Gasteiger partial charge is 1.00 e. The fraction of sp³-hybridized carbons (Fsp3) is 0. The van der Waals surface area contributed by atoms with Crippen LogP contribution in [0.2, 0.25) is 0 Å². The summed E-state index contributed by atoms with van der Waals surface area (Å²) in [4.78, 5) is 0. The van der Waals surface area contributed by atoms with E-state index < -0.39 is 0 Å². The molecule has 0 rings (SSSR count). The van der Waals surface area contributed by atoms with Gasteiger partial charge in [-0.15, -0.1) is 0 Å². The van der Waals surface area contributed by atoms with Gasteiger partial charge in [-0.25, -0.2) is 0 Å². The van der Waals surface area contributed by atoms with Crippen LogP contribution in [0.3, 0.4) is 0 Å². The van der Waals surface area contributed by atoms with E-state index in [0.717, 1.165) is 0 Å². The maximum atomic E-state index is 0. The molecule has 0 aliphatic carbocycles. The molecule has 0 bridgehead atoms. The van der Waals surface area contributed by atoms with Crippen LogP contribution in [0.5, 0.6) is 0 Å². The van der Waals surface area contributed by atoms with E-state index in [-0.39, 0.29) is 42.9 Å². The molecule has 0 heterocycles. The summed E-state index contributed by atoms with van der Waals surface area (Å²) in [7, 11) is 0. The molecule has 49 valence electrons.